The molecular formula is C12H13ClN4O. The first kappa shape index (κ1) is 11.5. The van der Waals surface area contributed by atoms with Crippen LogP contribution in [0.15, 0.2) is 18.5 Å². The summed E-state index contributed by atoms with van der Waals surface area (Å²) in [5.74, 6) is 2.37. The van der Waals surface area contributed by atoms with Gasteiger partial charge >= 0.3 is 0 Å². The minimum absolute atomic E-state index is 0.421. The van der Waals surface area contributed by atoms with Gasteiger partial charge in [-0.05, 0) is 19.8 Å². The Kier molecular flexibility index (Phi) is 2.91. The molecule has 2 aromatic heterocycles. The molecule has 2 heterocycles. The number of hydrogen-bond donors (Lipinski definition) is 0. The molecule has 1 aliphatic rings. The third-order valence-electron chi connectivity index (χ3n) is 2.79. The molecule has 2 aromatic rings. The van der Waals surface area contributed by atoms with Crippen molar-refractivity contribution in [2.24, 2.45) is 0 Å². The average Bonchev–Trinajstić information content (AvgIpc) is 3.10. The van der Waals surface area contributed by atoms with E-state index in [4.69, 9.17) is 16.3 Å². The predicted molar refractivity (Wildman–Crippen MR) is 67.0 cm³/mol. The van der Waals surface area contributed by atoms with Crippen molar-refractivity contribution in [3.63, 3.8) is 0 Å². The summed E-state index contributed by atoms with van der Waals surface area (Å²) in [5, 5.41) is 4.56. The Labute approximate surface area is 110 Å². The van der Waals surface area contributed by atoms with Gasteiger partial charge in [0, 0.05) is 18.5 Å². The van der Waals surface area contributed by atoms with Crippen molar-refractivity contribution in [3.8, 4) is 11.6 Å². The van der Waals surface area contributed by atoms with Crippen molar-refractivity contribution < 1.29 is 4.74 Å². The lowest BCUT2D eigenvalue weighted by atomic mass is 10.4. The fourth-order valence-electron chi connectivity index (χ4n) is 1.68. The number of nitrogens with zero attached hydrogens (tertiary/aromatic N) is 4. The zero-order chi connectivity index (χ0) is 12.5. The summed E-state index contributed by atoms with van der Waals surface area (Å²) in [6.45, 7) is 2.82. The van der Waals surface area contributed by atoms with Gasteiger partial charge in [-0.1, -0.05) is 11.6 Å². The zero-order valence-electron chi connectivity index (χ0n) is 10.0. The Morgan fingerprint density at radius 3 is 2.94 bits per heavy atom. The Balaban J connectivity index is 1.82. The highest BCUT2D eigenvalue weighted by Gasteiger charge is 2.27. The molecule has 0 atom stereocenters. The van der Waals surface area contributed by atoms with Crippen molar-refractivity contribution in [3.05, 3.63) is 29.4 Å². The molecule has 0 spiro atoms. The van der Waals surface area contributed by atoms with Crippen LogP contribution in [0.25, 0.3) is 0 Å². The summed E-state index contributed by atoms with van der Waals surface area (Å²) in [7, 11) is 0. The van der Waals surface area contributed by atoms with E-state index >= 15 is 0 Å². The van der Waals surface area contributed by atoms with Gasteiger partial charge in [0.1, 0.15) is 11.0 Å². The van der Waals surface area contributed by atoms with E-state index in [0.717, 1.165) is 25.2 Å². The predicted octanol–water partition coefficient (Wildman–Crippen LogP) is 3.02. The van der Waals surface area contributed by atoms with Gasteiger partial charge in [-0.15, -0.1) is 0 Å². The van der Waals surface area contributed by atoms with Crippen molar-refractivity contribution in [1.82, 2.24) is 19.7 Å². The maximum absolute atomic E-state index is 5.97. The third-order valence-corrected chi connectivity index (χ3v) is 2.98. The molecule has 5 nitrogen and oxygen atoms in total. The number of aromatic nitrogens is 4. The van der Waals surface area contributed by atoms with Gasteiger partial charge in [-0.3, -0.25) is 4.68 Å². The van der Waals surface area contributed by atoms with E-state index in [1.807, 2.05) is 13.1 Å². The van der Waals surface area contributed by atoms with E-state index in [0.29, 0.717) is 22.7 Å². The van der Waals surface area contributed by atoms with Gasteiger partial charge in [0.25, 0.3) is 0 Å². The molecular weight excluding hydrogens is 252 g/mol. The van der Waals surface area contributed by atoms with E-state index in [1.165, 1.54) is 0 Å². The van der Waals surface area contributed by atoms with Crippen molar-refractivity contribution in [1.29, 1.82) is 0 Å². The zero-order valence-corrected chi connectivity index (χ0v) is 10.8. The monoisotopic (exact) mass is 264 g/mol. The van der Waals surface area contributed by atoms with Gasteiger partial charge in [-0.2, -0.15) is 10.1 Å². The minimum atomic E-state index is 0.421. The van der Waals surface area contributed by atoms with Crippen LogP contribution in [0, 0.1) is 0 Å². The lowest BCUT2D eigenvalue weighted by molar-refractivity contribution is 0.457. The lowest BCUT2D eigenvalue weighted by Gasteiger charge is -2.04. The first-order chi connectivity index (χ1) is 8.74. The third kappa shape index (κ3) is 2.46. The summed E-state index contributed by atoms with van der Waals surface area (Å²) < 4.78 is 7.43. The smallest absolute Gasteiger partial charge is 0.224 e. The van der Waals surface area contributed by atoms with Crippen molar-refractivity contribution in [2.45, 2.75) is 32.2 Å². The first-order valence-corrected chi connectivity index (χ1v) is 6.37. The van der Waals surface area contributed by atoms with Gasteiger partial charge in [0.2, 0.25) is 5.88 Å². The number of aryl methyl sites for hydroxylation is 1. The molecule has 94 valence electrons. The van der Waals surface area contributed by atoms with Crippen LogP contribution in [0.5, 0.6) is 11.6 Å². The van der Waals surface area contributed by atoms with Gasteiger partial charge in [0.15, 0.2) is 5.75 Å². The van der Waals surface area contributed by atoms with Gasteiger partial charge < -0.3 is 4.74 Å². The second-order valence-electron chi connectivity index (χ2n) is 4.30. The molecule has 0 amide bonds. The maximum Gasteiger partial charge on any atom is 0.224 e. The number of halogens is 1. The second kappa shape index (κ2) is 4.57. The Morgan fingerprint density at radius 2 is 2.28 bits per heavy atom. The molecule has 0 N–H and O–H groups in total. The van der Waals surface area contributed by atoms with E-state index < -0.39 is 0 Å². The normalized spacial score (nSPS) is 14.8. The summed E-state index contributed by atoms with van der Waals surface area (Å²) in [4.78, 5) is 8.58. The largest absolute Gasteiger partial charge is 0.436 e. The van der Waals surface area contributed by atoms with Gasteiger partial charge in [0.05, 0.1) is 12.4 Å². The molecule has 1 aliphatic carbocycles. The second-order valence-corrected chi connectivity index (χ2v) is 4.68. The molecule has 6 heteroatoms. The van der Waals surface area contributed by atoms with E-state index in [1.54, 1.807) is 16.9 Å². The van der Waals surface area contributed by atoms with Crippen LogP contribution >= 0.6 is 11.6 Å². The van der Waals surface area contributed by atoms with Crippen LogP contribution in [0.3, 0.4) is 0 Å². The molecule has 1 fully saturated rings. The summed E-state index contributed by atoms with van der Waals surface area (Å²) in [6.07, 6.45) is 5.75. The molecule has 18 heavy (non-hydrogen) atoms. The van der Waals surface area contributed by atoms with Crippen LogP contribution in [0.2, 0.25) is 5.15 Å². The quantitative estimate of drug-likeness (QED) is 0.797. The topological polar surface area (TPSA) is 52.8 Å². The summed E-state index contributed by atoms with van der Waals surface area (Å²) >= 11 is 5.97. The van der Waals surface area contributed by atoms with Crippen LogP contribution in [-0.4, -0.2) is 19.7 Å². The Bertz CT molecular complexity index is 565. The highest BCUT2D eigenvalue weighted by atomic mass is 35.5. The number of hydrogen-bond acceptors (Lipinski definition) is 4. The van der Waals surface area contributed by atoms with Gasteiger partial charge in [-0.25, -0.2) is 4.98 Å². The SMILES string of the molecule is CCn1cc(Oc2cc(Cl)nc(C3CC3)n2)cn1. The molecule has 1 saturated carbocycles. The van der Waals surface area contributed by atoms with Crippen molar-refractivity contribution in [2.75, 3.05) is 0 Å². The Morgan fingerprint density at radius 1 is 1.44 bits per heavy atom. The standard InChI is InChI=1S/C12H13ClN4O/c1-2-17-7-9(6-14-17)18-11-5-10(13)15-12(16-11)8-3-4-8/h5-8H,2-4H2,1H3. The summed E-state index contributed by atoms with van der Waals surface area (Å²) in [6, 6.07) is 1.62. The van der Waals surface area contributed by atoms with Crippen molar-refractivity contribution >= 4 is 11.6 Å². The minimum Gasteiger partial charge on any atom is -0.436 e. The molecule has 0 radical (unpaired) electrons. The van der Waals surface area contributed by atoms with Crippen LogP contribution in [-0.2, 0) is 6.54 Å². The molecule has 0 bridgehead atoms. The first-order valence-electron chi connectivity index (χ1n) is 5.99. The van der Waals surface area contributed by atoms with E-state index in [2.05, 4.69) is 15.1 Å². The van der Waals surface area contributed by atoms with Crippen LogP contribution < -0.4 is 4.74 Å². The molecule has 3 rings (SSSR count). The molecule has 0 unspecified atom stereocenters. The molecule has 0 saturated heterocycles. The van der Waals surface area contributed by atoms with Crippen LogP contribution in [0.1, 0.15) is 31.5 Å². The Hall–Kier alpha value is -1.62. The fourth-order valence-corrected chi connectivity index (χ4v) is 1.86. The molecule has 0 aliphatic heterocycles. The maximum atomic E-state index is 5.97. The highest BCUT2D eigenvalue weighted by Crippen LogP contribution is 2.39. The number of rotatable bonds is 4. The lowest BCUT2D eigenvalue weighted by Crippen LogP contribution is -1.96. The average molecular weight is 265 g/mol. The fraction of sp³-hybridized carbons (Fsp3) is 0.417. The summed E-state index contributed by atoms with van der Waals surface area (Å²) in [5.41, 5.74) is 0. The highest BCUT2D eigenvalue weighted by molar-refractivity contribution is 6.29. The number of ether oxygens (including phenoxy) is 1. The van der Waals surface area contributed by atoms with E-state index in [-0.39, 0.29) is 0 Å². The van der Waals surface area contributed by atoms with E-state index in [9.17, 15) is 0 Å². The van der Waals surface area contributed by atoms with Crippen LogP contribution in [0.4, 0.5) is 0 Å². The molecule has 0 aromatic carbocycles.